The Labute approximate surface area is 113 Å². The molecule has 5 heteroatoms. The normalized spacial score (nSPS) is 28.2. The number of thiophene rings is 1. The molecule has 3 nitrogen and oxygen atoms in total. The minimum atomic E-state index is 0.219. The summed E-state index contributed by atoms with van der Waals surface area (Å²) in [6.07, 6.45) is 3.41. The van der Waals surface area contributed by atoms with Gasteiger partial charge in [0.15, 0.2) is 0 Å². The zero-order chi connectivity index (χ0) is 11.8. The van der Waals surface area contributed by atoms with Gasteiger partial charge in [-0.3, -0.25) is 4.79 Å². The van der Waals surface area contributed by atoms with Crippen molar-refractivity contribution in [2.24, 2.45) is 0 Å². The Hall–Kier alpha value is -0.390. The van der Waals surface area contributed by atoms with E-state index in [2.05, 4.69) is 26.1 Å². The standard InChI is InChI=1S/C12H15BrN2OS/c13-8-5-11(17-7-8)12(16)15-9-1-2-10(15)6-14-4-3-9/h5,7,9-10,14H,1-4,6H2. The molecule has 92 valence electrons. The number of halogens is 1. The van der Waals surface area contributed by atoms with Crippen molar-refractivity contribution in [3.8, 4) is 0 Å². The molecule has 17 heavy (non-hydrogen) atoms. The van der Waals surface area contributed by atoms with E-state index in [1.807, 2.05) is 11.4 Å². The van der Waals surface area contributed by atoms with Crippen LogP contribution in [0.2, 0.25) is 0 Å². The molecule has 0 saturated carbocycles. The average molecular weight is 315 g/mol. The molecule has 0 aromatic carbocycles. The number of amides is 1. The van der Waals surface area contributed by atoms with E-state index >= 15 is 0 Å². The summed E-state index contributed by atoms with van der Waals surface area (Å²) in [6, 6.07) is 2.78. The van der Waals surface area contributed by atoms with Crippen LogP contribution in [0, 0.1) is 0 Å². The van der Waals surface area contributed by atoms with E-state index in [0.29, 0.717) is 12.1 Å². The largest absolute Gasteiger partial charge is 0.331 e. The van der Waals surface area contributed by atoms with Crippen LogP contribution in [0.15, 0.2) is 15.9 Å². The Balaban J connectivity index is 1.85. The summed E-state index contributed by atoms with van der Waals surface area (Å²) in [6.45, 7) is 1.99. The third-order valence-corrected chi connectivity index (χ3v) is 5.35. The highest BCUT2D eigenvalue weighted by molar-refractivity contribution is 9.10. The lowest BCUT2D eigenvalue weighted by molar-refractivity contribution is 0.0685. The molecule has 2 unspecified atom stereocenters. The molecule has 3 heterocycles. The number of carbonyl (C=O) groups is 1. The van der Waals surface area contributed by atoms with Gasteiger partial charge in [-0.05, 0) is 47.8 Å². The predicted octanol–water partition coefficient (Wildman–Crippen LogP) is 2.48. The van der Waals surface area contributed by atoms with Gasteiger partial charge in [-0.15, -0.1) is 11.3 Å². The molecular formula is C12H15BrN2OS. The predicted molar refractivity (Wildman–Crippen MR) is 72.5 cm³/mol. The van der Waals surface area contributed by atoms with Crippen molar-refractivity contribution in [3.05, 3.63) is 20.8 Å². The first-order valence-corrected chi connectivity index (χ1v) is 7.70. The summed E-state index contributed by atoms with van der Waals surface area (Å²) in [5, 5.41) is 5.40. The van der Waals surface area contributed by atoms with Crippen LogP contribution < -0.4 is 5.32 Å². The maximum atomic E-state index is 12.5. The van der Waals surface area contributed by atoms with Crippen LogP contribution >= 0.6 is 27.3 Å². The van der Waals surface area contributed by atoms with E-state index in [1.165, 1.54) is 17.8 Å². The number of hydrogen-bond acceptors (Lipinski definition) is 3. The first kappa shape index (κ1) is 11.7. The van der Waals surface area contributed by atoms with Crippen LogP contribution in [-0.4, -0.2) is 36.0 Å². The molecule has 1 amide bonds. The Morgan fingerprint density at radius 3 is 3.00 bits per heavy atom. The highest BCUT2D eigenvalue weighted by atomic mass is 79.9. The molecule has 2 bridgehead atoms. The number of rotatable bonds is 1. The van der Waals surface area contributed by atoms with Crippen molar-refractivity contribution in [2.45, 2.75) is 31.3 Å². The second kappa shape index (κ2) is 4.71. The first-order chi connectivity index (χ1) is 8.25. The molecule has 0 aliphatic carbocycles. The molecular weight excluding hydrogens is 300 g/mol. The highest BCUT2D eigenvalue weighted by Gasteiger charge is 2.38. The topological polar surface area (TPSA) is 32.3 Å². The lowest BCUT2D eigenvalue weighted by Crippen LogP contribution is -2.42. The second-order valence-electron chi connectivity index (χ2n) is 4.72. The van der Waals surface area contributed by atoms with E-state index in [-0.39, 0.29) is 5.91 Å². The maximum Gasteiger partial charge on any atom is 0.264 e. The van der Waals surface area contributed by atoms with Crippen molar-refractivity contribution in [3.63, 3.8) is 0 Å². The van der Waals surface area contributed by atoms with Crippen molar-refractivity contribution in [1.29, 1.82) is 0 Å². The number of nitrogens with zero attached hydrogens (tertiary/aromatic N) is 1. The first-order valence-electron chi connectivity index (χ1n) is 6.03. The monoisotopic (exact) mass is 314 g/mol. The van der Waals surface area contributed by atoms with Crippen molar-refractivity contribution >= 4 is 33.2 Å². The smallest absolute Gasteiger partial charge is 0.264 e. The average Bonchev–Trinajstić information content (AvgIpc) is 2.81. The number of fused-ring (bicyclic) bond motifs is 2. The SMILES string of the molecule is O=C(c1cc(Br)cs1)N1C2CCNCC1CC2. The van der Waals surface area contributed by atoms with Gasteiger partial charge in [0.2, 0.25) is 0 Å². The Morgan fingerprint density at radius 2 is 2.24 bits per heavy atom. The fourth-order valence-electron chi connectivity index (χ4n) is 2.87. The molecule has 3 rings (SSSR count). The van der Waals surface area contributed by atoms with Gasteiger partial charge in [0.05, 0.1) is 4.88 Å². The molecule has 2 aliphatic rings. The van der Waals surface area contributed by atoms with E-state index in [0.717, 1.165) is 35.3 Å². The number of carbonyl (C=O) groups excluding carboxylic acids is 1. The third-order valence-electron chi connectivity index (χ3n) is 3.67. The summed E-state index contributed by atoms with van der Waals surface area (Å²) in [4.78, 5) is 15.5. The molecule has 1 aromatic rings. The van der Waals surface area contributed by atoms with E-state index in [1.54, 1.807) is 0 Å². The zero-order valence-corrected chi connectivity index (χ0v) is 11.9. The van der Waals surface area contributed by atoms with Gasteiger partial charge in [0.25, 0.3) is 5.91 Å². The van der Waals surface area contributed by atoms with Gasteiger partial charge in [-0.25, -0.2) is 0 Å². The fraction of sp³-hybridized carbons (Fsp3) is 0.583. The fourth-order valence-corrected chi connectivity index (χ4v) is 4.24. The Kier molecular flexibility index (Phi) is 3.23. The van der Waals surface area contributed by atoms with Crippen LogP contribution in [0.1, 0.15) is 28.9 Å². The minimum absolute atomic E-state index is 0.219. The third kappa shape index (κ3) is 2.16. The van der Waals surface area contributed by atoms with Crippen LogP contribution in [0.4, 0.5) is 0 Å². The Bertz CT molecular complexity index is 420. The summed E-state index contributed by atoms with van der Waals surface area (Å²) < 4.78 is 1.01. The van der Waals surface area contributed by atoms with Gasteiger partial charge in [-0.1, -0.05) is 0 Å². The molecule has 0 radical (unpaired) electrons. The van der Waals surface area contributed by atoms with Crippen molar-refractivity contribution in [2.75, 3.05) is 13.1 Å². The molecule has 1 N–H and O–H groups in total. The molecule has 0 spiro atoms. The van der Waals surface area contributed by atoms with E-state index in [4.69, 9.17) is 0 Å². The van der Waals surface area contributed by atoms with Gasteiger partial charge >= 0.3 is 0 Å². The maximum absolute atomic E-state index is 12.5. The van der Waals surface area contributed by atoms with E-state index < -0.39 is 0 Å². The summed E-state index contributed by atoms with van der Waals surface area (Å²) in [5.74, 6) is 0.219. The highest BCUT2D eigenvalue weighted by Crippen LogP contribution is 2.31. The zero-order valence-electron chi connectivity index (χ0n) is 9.49. The number of hydrogen-bond donors (Lipinski definition) is 1. The quantitative estimate of drug-likeness (QED) is 0.863. The molecule has 2 aliphatic heterocycles. The Morgan fingerprint density at radius 1 is 1.41 bits per heavy atom. The molecule has 2 saturated heterocycles. The van der Waals surface area contributed by atoms with Gasteiger partial charge in [0.1, 0.15) is 0 Å². The lowest BCUT2D eigenvalue weighted by Gasteiger charge is -2.27. The summed E-state index contributed by atoms with van der Waals surface area (Å²) in [5.41, 5.74) is 0. The number of nitrogens with one attached hydrogen (secondary N) is 1. The minimum Gasteiger partial charge on any atom is -0.331 e. The van der Waals surface area contributed by atoms with Crippen LogP contribution in [0.25, 0.3) is 0 Å². The molecule has 2 fully saturated rings. The molecule has 2 atom stereocenters. The van der Waals surface area contributed by atoms with Crippen LogP contribution in [0.3, 0.4) is 0 Å². The lowest BCUT2D eigenvalue weighted by atomic mass is 10.1. The van der Waals surface area contributed by atoms with Gasteiger partial charge in [0, 0.05) is 28.5 Å². The van der Waals surface area contributed by atoms with Crippen LogP contribution in [0.5, 0.6) is 0 Å². The van der Waals surface area contributed by atoms with Gasteiger partial charge < -0.3 is 10.2 Å². The van der Waals surface area contributed by atoms with Gasteiger partial charge in [-0.2, -0.15) is 0 Å². The van der Waals surface area contributed by atoms with Crippen molar-refractivity contribution < 1.29 is 4.79 Å². The second-order valence-corrected chi connectivity index (χ2v) is 6.55. The summed E-state index contributed by atoms with van der Waals surface area (Å²) in [7, 11) is 0. The summed E-state index contributed by atoms with van der Waals surface area (Å²) >= 11 is 4.94. The van der Waals surface area contributed by atoms with Crippen molar-refractivity contribution in [1.82, 2.24) is 10.2 Å². The van der Waals surface area contributed by atoms with E-state index in [9.17, 15) is 4.79 Å². The van der Waals surface area contributed by atoms with Crippen LogP contribution in [-0.2, 0) is 0 Å². The molecule has 1 aromatic heterocycles.